The molecule has 4 heteroatoms. The van der Waals surface area contributed by atoms with E-state index >= 15 is 0 Å². The normalized spacial score (nSPS) is 14.2. The third-order valence-corrected chi connectivity index (χ3v) is 3.27. The van der Waals surface area contributed by atoms with E-state index in [1.165, 1.54) is 0 Å². The zero-order valence-corrected chi connectivity index (χ0v) is 11.1. The van der Waals surface area contributed by atoms with Crippen molar-refractivity contribution in [2.24, 2.45) is 7.05 Å². The monoisotopic (exact) mass is 253 g/mol. The number of nitrogens with zero attached hydrogens (tertiary/aromatic N) is 3. The van der Waals surface area contributed by atoms with Crippen molar-refractivity contribution >= 4 is 0 Å². The molecule has 1 aromatic carbocycles. The van der Waals surface area contributed by atoms with Crippen LogP contribution in [0.5, 0.6) is 5.75 Å². The molecule has 0 unspecified atom stereocenters. The van der Waals surface area contributed by atoms with Gasteiger partial charge < -0.3 is 4.74 Å². The molecule has 1 aliphatic rings. The summed E-state index contributed by atoms with van der Waals surface area (Å²) in [5.74, 6) is 0.696. The minimum atomic E-state index is 0.285. The second-order valence-electron chi connectivity index (χ2n) is 4.95. The molecule has 0 bridgehead atoms. The van der Waals surface area contributed by atoms with Crippen LogP contribution in [-0.2, 0) is 7.05 Å². The van der Waals surface area contributed by atoms with Gasteiger partial charge in [0.2, 0.25) is 0 Å². The third kappa shape index (κ3) is 2.19. The first-order valence-corrected chi connectivity index (χ1v) is 6.39. The van der Waals surface area contributed by atoms with E-state index in [0.29, 0.717) is 11.3 Å². The van der Waals surface area contributed by atoms with Crippen molar-refractivity contribution in [1.82, 2.24) is 9.78 Å². The lowest BCUT2D eigenvalue weighted by Crippen LogP contribution is -2.02. The maximum Gasteiger partial charge on any atom is 0.138 e. The Morgan fingerprint density at radius 3 is 2.79 bits per heavy atom. The summed E-state index contributed by atoms with van der Waals surface area (Å²) in [6.07, 6.45) is 4.19. The van der Waals surface area contributed by atoms with Crippen LogP contribution < -0.4 is 4.74 Å². The first-order valence-electron chi connectivity index (χ1n) is 6.39. The third-order valence-electron chi connectivity index (χ3n) is 3.27. The van der Waals surface area contributed by atoms with E-state index in [9.17, 15) is 5.26 Å². The van der Waals surface area contributed by atoms with Gasteiger partial charge in [-0.3, -0.25) is 4.68 Å². The molecule has 2 aromatic rings. The highest BCUT2D eigenvalue weighted by molar-refractivity contribution is 5.72. The predicted molar refractivity (Wildman–Crippen MR) is 71.7 cm³/mol. The van der Waals surface area contributed by atoms with Crippen LogP contribution in [0, 0.1) is 18.3 Å². The van der Waals surface area contributed by atoms with Gasteiger partial charge in [-0.15, -0.1) is 0 Å². The average Bonchev–Trinajstić information content (AvgIpc) is 3.08. The first kappa shape index (κ1) is 11.8. The fourth-order valence-electron chi connectivity index (χ4n) is 2.17. The smallest absolute Gasteiger partial charge is 0.138 e. The quantitative estimate of drug-likeness (QED) is 0.845. The lowest BCUT2D eigenvalue weighted by Gasteiger charge is -2.12. The zero-order chi connectivity index (χ0) is 13.4. The number of aryl methyl sites for hydroxylation is 2. The second-order valence-corrected chi connectivity index (χ2v) is 4.95. The second kappa shape index (κ2) is 4.43. The van der Waals surface area contributed by atoms with Crippen LogP contribution in [0.25, 0.3) is 11.3 Å². The predicted octanol–water partition coefficient (Wildman–Crippen LogP) is 2.81. The first-order chi connectivity index (χ1) is 9.19. The maximum atomic E-state index is 9.45. The highest BCUT2D eigenvalue weighted by Crippen LogP contribution is 2.35. The highest BCUT2D eigenvalue weighted by atomic mass is 16.5. The summed E-state index contributed by atoms with van der Waals surface area (Å²) in [5.41, 5.74) is 3.51. The zero-order valence-electron chi connectivity index (χ0n) is 11.1. The van der Waals surface area contributed by atoms with Crippen LogP contribution in [0.15, 0.2) is 24.4 Å². The molecule has 4 nitrogen and oxygen atoms in total. The van der Waals surface area contributed by atoms with E-state index in [1.54, 1.807) is 10.9 Å². The van der Waals surface area contributed by atoms with Gasteiger partial charge in [0.15, 0.2) is 0 Å². The van der Waals surface area contributed by atoms with Crippen LogP contribution in [0.1, 0.15) is 24.0 Å². The largest absolute Gasteiger partial charge is 0.489 e. The molecule has 19 heavy (non-hydrogen) atoms. The Balaban J connectivity index is 2.15. The van der Waals surface area contributed by atoms with Crippen LogP contribution in [-0.4, -0.2) is 15.9 Å². The average molecular weight is 253 g/mol. The SMILES string of the molecule is Cc1cc(OC2CC2)c(C#N)c(-c2ccnn2C)c1. The molecule has 1 saturated carbocycles. The van der Waals surface area contributed by atoms with Crippen LogP contribution >= 0.6 is 0 Å². The summed E-state index contributed by atoms with van der Waals surface area (Å²) in [5, 5.41) is 13.6. The van der Waals surface area contributed by atoms with Crippen molar-refractivity contribution in [1.29, 1.82) is 5.26 Å². The summed E-state index contributed by atoms with van der Waals surface area (Å²) >= 11 is 0. The van der Waals surface area contributed by atoms with E-state index in [-0.39, 0.29) is 6.10 Å². The van der Waals surface area contributed by atoms with Crippen LogP contribution in [0.4, 0.5) is 0 Å². The molecule has 96 valence electrons. The van der Waals surface area contributed by atoms with Gasteiger partial charge in [-0.05, 0) is 43.5 Å². The van der Waals surface area contributed by atoms with E-state index in [1.807, 2.05) is 32.2 Å². The van der Waals surface area contributed by atoms with Gasteiger partial charge in [0, 0.05) is 18.8 Å². The lowest BCUT2D eigenvalue weighted by atomic mass is 10.0. The van der Waals surface area contributed by atoms with E-state index < -0.39 is 0 Å². The number of hydrogen-bond donors (Lipinski definition) is 0. The van der Waals surface area contributed by atoms with E-state index in [2.05, 4.69) is 11.2 Å². The Bertz CT molecular complexity index is 663. The summed E-state index contributed by atoms with van der Waals surface area (Å²) in [4.78, 5) is 0. The highest BCUT2D eigenvalue weighted by Gasteiger charge is 2.26. The van der Waals surface area contributed by atoms with Crippen molar-refractivity contribution in [3.8, 4) is 23.1 Å². The van der Waals surface area contributed by atoms with Crippen molar-refractivity contribution in [2.75, 3.05) is 0 Å². The molecule has 0 amide bonds. The maximum absolute atomic E-state index is 9.45. The molecule has 3 rings (SSSR count). The molecule has 1 aromatic heterocycles. The Hall–Kier alpha value is -2.28. The lowest BCUT2D eigenvalue weighted by molar-refractivity contribution is 0.302. The Kier molecular flexibility index (Phi) is 2.75. The van der Waals surface area contributed by atoms with Crippen LogP contribution in [0.2, 0.25) is 0 Å². The summed E-state index contributed by atoms with van der Waals surface area (Å²) in [6, 6.07) is 8.14. The topological polar surface area (TPSA) is 50.8 Å². The number of nitriles is 1. The molecule has 1 aliphatic carbocycles. The number of rotatable bonds is 3. The van der Waals surface area contributed by atoms with Gasteiger partial charge in [-0.2, -0.15) is 10.4 Å². The fraction of sp³-hybridized carbons (Fsp3) is 0.333. The molecule has 1 heterocycles. The minimum Gasteiger partial charge on any atom is -0.489 e. The molecule has 0 saturated heterocycles. The molecule has 0 N–H and O–H groups in total. The Morgan fingerprint density at radius 2 is 2.21 bits per heavy atom. The van der Waals surface area contributed by atoms with Gasteiger partial charge in [0.25, 0.3) is 0 Å². The fourth-order valence-corrected chi connectivity index (χ4v) is 2.17. The number of benzene rings is 1. The van der Waals surface area contributed by atoms with Gasteiger partial charge in [-0.1, -0.05) is 0 Å². The number of hydrogen-bond acceptors (Lipinski definition) is 3. The molecular weight excluding hydrogens is 238 g/mol. The van der Waals surface area contributed by atoms with Gasteiger partial charge in [-0.25, -0.2) is 0 Å². The molecule has 1 fully saturated rings. The minimum absolute atomic E-state index is 0.285. The van der Waals surface area contributed by atoms with Crippen LogP contribution in [0.3, 0.4) is 0 Å². The number of aromatic nitrogens is 2. The summed E-state index contributed by atoms with van der Waals surface area (Å²) in [6.45, 7) is 2.01. The van der Waals surface area contributed by atoms with Gasteiger partial charge >= 0.3 is 0 Å². The molecule has 0 aliphatic heterocycles. The van der Waals surface area contributed by atoms with Crippen molar-refractivity contribution in [3.05, 3.63) is 35.5 Å². The van der Waals surface area contributed by atoms with Gasteiger partial charge in [0.05, 0.1) is 11.8 Å². The van der Waals surface area contributed by atoms with E-state index in [4.69, 9.17) is 4.74 Å². The molecule has 0 atom stereocenters. The Morgan fingerprint density at radius 1 is 1.42 bits per heavy atom. The molecular formula is C15H15N3O. The Labute approximate surface area is 112 Å². The van der Waals surface area contributed by atoms with Gasteiger partial charge in [0.1, 0.15) is 17.4 Å². The number of ether oxygens (including phenoxy) is 1. The molecule has 0 radical (unpaired) electrons. The van der Waals surface area contributed by atoms with E-state index in [0.717, 1.165) is 29.7 Å². The molecule has 0 spiro atoms. The standard InChI is InChI=1S/C15H15N3O/c1-10-7-12(14-5-6-17-18(14)2)13(9-16)15(8-10)19-11-3-4-11/h5-8,11H,3-4H2,1-2H3. The van der Waals surface area contributed by atoms with Crippen molar-refractivity contribution in [3.63, 3.8) is 0 Å². The summed E-state index contributed by atoms with van der Waals surface area (Å²) < 4.78 is 7.63. The summed E-state index contributed by atoms with van der Waals surface area (Å²) in [7, 11) is 1.88. The van der Waals surface area contributed by atoms with Crippen molar-refractivity contribution < 1.29 is 4.74 Å². The van der Waals surface area contributed by atoms with Crippen molar-refractivity contribution in [2.45, 2.75) is 25.9 Å².